The summed E-state index contributed by atoms with van der Waals surface area (Å²) in [6.45, 7) is 5.36. The number of carboxylic acids is 1. The molecule has 7 heteroatoms. The van der Waals surface area contributed by atoms with Gasteiger partial charge in [-0.15, -0.1) is 0 Å². The van der Waals surface area contributed by atoms with Crippen LogP contribution in [0.25, 0.3) is 0 Å². The molecule has 1 aliphatic heterocycles. The highest BCUT2D eigenvalue weighted by molar-refractivity contribution is 5.70. The SMILES string of the molecule is CC(C)Oc1ccc(Nc2nccc(N3CCC(C(=O)O)CC3)n2)cc1. The molecule has 26 heavy (non-hydrogen) atoms. The predicted molar refractivity (Wildman–Crippen MR) is 100 cm³/mol. The zero-order valence-electron chi connectivity index (χ0n) is 15.1. The lowest BCUT2D eigenvalue weighted by molar-refractivity contribution is -0.142. The molecule has 0 aliphatic carbocycles. The number of aromatic nitrogens is 2. The standard InChI is InChI=1S/C19H24N4O3/c1-13(2)26-16-5-3-15(4-6-16)21-19-20-10-7-17(22-19)23-11-8-14(9-12-23)18(24)25/h3-7,10,13-14H,8-9,11-12H2,1-2H3,(H,24,25)(H,20,21,22). The van der Waals surface area contributed by atoms with Crippen molar-refractivity contribution >= 4 is 23.4 Å². The second-order valence-electron chi connectivity index (χ2n) is 6.65. The lowest BCUT2D eigenvalue weighted by atomic mass is 9.97. The molecule has 0 atom stereocenters. The number of carboxylic acid groups (broad SMARTS) is 1. The summed E-state index contributed by atoms with van der Waals surface area (Å²) in [4.78, 5) is 22.0. The van der Waals surface area contributed by atoms with Crippen LogP contribution in [0.2, 0.25) is 0 Å². The highest BCUT2D eigenvalue weighted by atomic mass is 16.5. The average Bonchev–Trinajstić information content (AvgIpc) is 2.63. The first kappa shape index (κ1) is 18.0. The molecule has 7 nitrogen and oxygen atoms in total. The number of rotatable bonds is 6. The van der Waals surface area contributed by atoms with Crippen LogP contribution in [0.3, 0.4) is 0 Å². The Labute approximate surface area is 153 Å². The molecule has 1 aliphatic rings. The van der Waals surface area contributed by atoms with Crippen LogP contribution < -0.4 is 15.0 Å². The Hall–Kier alpha value is -2.83. The summed E-state index contributed by atoms with van der Waals surface area (Å²) >= 11 is 0. The van der Waals surface area contributed by atoms with E-state index in [9.17, 15) is 4.79 Å². The minimum absolute atomic E-state index is 0.138. The Morgan fingerprint density at radius 2 is 1.92 bits per heavy atom. The Morgan fingerprint density at radius 3 is 2.54 bits per heavy atom. The van der Waals surface area contributed by atoms with Crippen molar-refractivity contribution in [1.82, 2.24) is 9.97 Å². The van der Waals surface area contributed by atoms with E-state index in [-0.39, 0.29) is 12.0 Å². The van der Waals surface area contributed by atoms with Crippen LogP contribution in [0.4, 0.5) is 17.5 Å². The Balaban J connectivity index is 1.63. The van der Waals surface area contributed by atoms with E-state index in [2.05, 4.69) is 20.2 Å². The van der Waals surface area contributed by atoms with Gasteiger partial charge in [0.05, 0.1) is 12.0 Å². The molecule has 0 unspecified atom stereocenters. The van der Waals surface area contributed by atoms with Gasteiger partial charge in [0.25, 0.3) is 0 Å². The van der Waals surface area contributed by atoms with Crippen LogP contribution in [0.15, 0.2) is 36.5 Å². The number of benzene rings is 1. The maximum atomic E-state index is 11.1. The number of nitrogens with one attached hydrogen (secondary N) is 1. The molecule has 0 spiro atoms. The van der Waals surface area contributed by atoms with E-state index >= 15 is 0 Å². The summed E-state index contributed by atoms with van der Waals surface area (Å²) < 4.78 is 5.64. The summed E-state index contributed by atoms with van der Waals surface area (Å²) in [5, 5.41) is 12.3. The second kappa shape index (κ2) is 8.03. The van der Waals surface area contributed by atoms with Crippen LogP contribution in [0.5, 0.6) is 5.75 Å². The monoisotopic (exact) mass is 356 g/mol. The Kier molecular flexibility index (Phi) is 5.55. The lowest BCUT2D eigenvalue weighted by Crippen LogP contribution is -2.36. The molecule has 0 amide bonds. The number of hydrogen-bond acceptors (Lipinski definition) is 6. The summed E-state index contributed by atoms with van der Waals surface area (Å²) in [6.07, 6.45) is 3.13. The zero-order valence-corrected chi connectivity index (χ0v) is 15.1. The fourth-order valence-corrected chi connectivity index (χ4v) is 2.96. The minimum Gasteiger partial charge on any atom is -0.491 e. The third kappa shape index (κ3) is 4.62. The van der Waals surface area contributed by atoms with Crippen LogP contribution in [0.1, 0.15) is 26.7 Å². The van der Waals surface area contributed by atoms with Crippen molar-refractivity contribution < 1.29 is 14.6 Å². The summed E-state index contributed by atoms with van der Waals surface area (Å²) in [5.74, 6) is 1.19. The van der Waals surface area contributed by atoms with Gasteiger partial charge in [0.1, 0.15) is 11.6 Å². The number of anilines is 3. The van der Waals surface area contributed by atoms with Gasteiger partial charge in [-0.2, -0.15) is 4.98 Å². The molecule has 3 rings (SSSR count). The summed E-state index contributed by atoms with van der Waals surface area (Å²) in [7, 11) is 0. The van der Waals surface area contributed by atoms with Crippen molar-refractivity contribution in [3.63, 3.8) is 0 Å². The number of carbonyl (C=O) groups is 1. The third-order valence-electron chi connectivity index (χ3n) is 4.29. The van der Waals surface area contributed by atoms with Gasteiger partial charge in [-0.1, -0.05) is 0 Å². The number of nitrogens with zero attached hydrogens (tertiary/aromatic N) is 3. The van der Waals surface area contributed by atoms with Crippen molar-refractivity contribution in [3.8, 4) is 5.75 Å². The van der Waals surface area contributed by atoms with Gasteiger partial charge >= 0.3 is 5.97 Å². The highest BCUT2D eigenvalue weighted by Gasteiger charge is 2.25. The van der Waals surface area contributed by atoms with Crippen molar-refractivity contribution in [2.75, 3.05) is 23.3 Å². The molecule has 138 valence electrons. The molecule has 2 N–H and O–H groups in total. The predicted octanol–water partition coefficient (Wildman–Crippen LogP) is 3.31. The first-order valence-corrected chi connectivity index (χ1v) is 8.86. The smallest absolute Gasteiger partial charge is 0.306 e. The number of hydrogen-bond donors (Lipinski definition) is 2. The first-order valence-electron chi connectivity index (χ1n) is 8.86. The molecular formula is C19H24N4O3. The number of ether oxygens (including phenoxy) is 1. The fraction of sp³-hybridized carbons (Fsp3) is 0.421. The zero-order chi connectivity index (χ0) is 18.5. The second-order valence-corrected chi connectivity index (χ2v) is 6.65. The van der Waals surface area contributed by atoms with Crippen molar-refractivity contribution in [2.24, 2.45) is 5.92 Å². The first-order chi connectivity index (χ1) is 12.5. The molecular weight excluding hydrogens is 332 g/mol. The molecule has 0 radical (unpaired) electrons. The largest absolute Gasteiger partial charge is 0.491 e. The minimum atomic E-state index is -0.709. The van der Waals surface area contributed by atoms with E-state index in [1.807, 2.05) is 44.2 Å². The van der Waals surface area contributed by atoms with Gasteiger partial charge in [0, 0.05) is 25.0 Å². The van der Waals surface area contributed by atoms with Gasteiger partial charge in [0.15, 0.2) is 0 Å². The Morgan fingerprint density at radius 1 is 1.23 bits per heavy atom. The van der Waals surface area contributed by atoms with Gasteiger partial charge in [-0.05, 0) is 57.0 Å². The fourth-order valence-electron chi connectivity index (χ4n) is 2.96. The van der Waals surface area contributed by atoms with E-state index < -0.39 is 5.97 Å². The van der Waals surface area contributed by atoms with E-state index in [0.29, 0.717) is 31.9 Å². The summed E-state index contributed by atoms with van der Waals surface area (Å²) in [6, 6.07) is 9.51. The molecule has 1 aromatic heterocycles. The Bertz CT molecular complexity index is 741. The van der Waals surface area contributed by atoms with Gasteiger partial charge in [0.2, 0.25) is 5.95 Å². The molecule has 0 bridgehead atoms. The van der Waals surface area contributed by atoms with Crippen molar-refractivity contribution in [2.45, 2.75) is 32.8 Å². The average molecular weight is 356 g/mol. The number of piperidine rings is 1. The van der Waals surface area contributed by atoms with Crippen LogP contribution in [-0.2, 0) is 4.79 Å². The molecule has 2 heterocycles. The van der Waals surface area contributed by atoms with Crippen LogP contribution in [0, 0.1) is 5.92 Å². The summed E-state index contributed by atoms with van der Waals surface area (Å²) in [5.41, 5.74) is 0.878. The van der Waals surface area contributed by atoms with E-state index in [1.165, 1.54) is 0 Å². The molecule has 0 saturated carbocycles. The quantitative estimate of drug-likeness (QED) is 0.821. The van der Waals surface area contributed by atoms with E-state index in [4.69, 9.17) is 9.84 Å². The van der Waals surface area contributed by atoms with E-state index in [1.54, 1.807) is 6.20 Å². The topological polar surface area (TPSA) is 87.6 Å². The maximum Gasteiger partial charge on any atom is 0.306 e. The van der Waals surface area contributed by atoms with Crippen molar-refractivity contribution in [3.05, 3.63) is 36.5 Å². The highest BCUT2D eigenvalue weighted by Crippen LogP contribution is 2.24. The molecule has 1 saturated heterocycles. The van der Waals surface area contributed by atoms with E-state index in [0.717, 1.165) is 17.3 Å². The third-order valence-corrected chi connectivity index (χ3v) is 4.29. The number of aliphatic carboxylic acids is 1. The van der Waals surface area contributed by atoms with Crippen LogP contribution >= 0.6 is 0 Å². The normalized spacial score (nSPS) is 15.1. The van der Waals surface area contributed by atoms with Gasteiger partial charge < -0.3 is 20.1 Å². The van der Waals surface area contributed by atoms with Crippen LogP contribution in [-0.4, -0.2) is 40.2 Å². The van der Waals surface area contributed by atoms with Crippen molar-refractivity contribution in [1.29, 1.82) is 0 Å². The molecule has 1 aromatic carbocycles. The van der Waals surface area contributed by atoms with Gasteiger partial charge in [-0.3, -0.25) is 4.79 Å². The molecule has 1 fully saturated rings. The molecule has 2 aromatic rings. The lowest BCUT2D eigenvalue weighted by Gasteiger charge is -2.31. The van der Waals surface area contributed by atoms with Gasteiger partial charge in [-0.25, -0.2) is 4.98 Å². The maximum absolute atomic E-state index is 11.1.